The van der Waals surface area contributed by atoms with Crippen molar-refractivity contribution in [3.8, 4) is 16.9 Å². The number of nitrogens with one attached hydrogen (secondary N) is 1. The molecule has 0 aliphatic heterocycles. The molecule has 2 aromatic carbocycles. The van der Waals surface area contributed by atoms with Crippen LogP contribution in [0, 0.1) is 0 Å². The van der Waals surface area contributed by atoms with Gasteiger partial charge in [0.25, 0.3) is 0 Å². The molecule has 1 aliphatic carbocycles. The van der Waals surface area contributed by atoms with Gasteiger partial charge in [-0.3, -0.25) is 4.98 Å². The van der Waals surface area contributed by atoms with Gasteiger partial charge in [-0.15, -0.1) is 0 Å². The van der Waals surface area contributed by atoms with Crippen LogP contribution in [0.5, 0.6) is 5.75 Å². The van der Waals surface area contributed by atoms with Crippen molar-refractivity contribution < 1.29 is 5.11 Å². The van der Waals surface area contributed by atoms with Gasteiger partial charge < -0.3 is 16.2 Å². The molecule has 4 nitrogen and oxygen atoms in total. The number of anilines is 1. The van der Waals surface area contributed by atoms with Crippen LogP contribution in [0.15, 0.2) is 54.7 Å². The van der Waals surface area contributed by atoms with E-state index >= 15 is 0 Å². The molecule has 0 spiro atoms. The third-order valence-corrected chi connectivity index (χ3v) is 5.07. The molecule has 4 N–H and O–H groups in total. The Hall–Kier alpha value is -2.59. The van der Waals surface area contributed by atoms with E-state index in [1.807, 2.05) is 18.3 Å². The molecular formula is C21H23N3O. The molecule has 1 heterocycles. The van der Waals surface area contributed by atoms with Gasteiger partial charge in [-0.2, -0.15) is 0 Å². The molecular weight excluding hydrogens is 310 g/mol. The van der Waals surface area contributed by atoms with Crippen molar-refractivity contribution in [2.45, 2.75) is 37.8 Å². The molecule has 25 heavy (non-hydrogen) atoms. The summed E-state index contributed by atoms with van der Waals surface area (Å²) >= 11 is 0. The maximum Gasteiger partial charge on any atom is 0.115 e. The maximum absolute atomic E-state index is 9.49. The molecule has 4 rings (SSSR count). The highest BCUT2D eigenvalue weighted by molar-refractivity contribution is 5.94. The summed E-state index contributed by atoms with van der Waals surface area (Å²) in [7, 11) is 0. The summed E-state index contributed by atoms with van der Waals surface area (Å²) in [5, 5.41) is 14.3. The number of benzene rings is 2. The molecule has 0 saturated heterocycles. The number of phenols is 1. The fraction of sp³-hybridized carbons (Fsp3) is 0.286. The van der Waals surface area contributed by atoms with E-state index in [1.165, 1.54) is 0 Å². The number of pyridine rings is 1. The standard InChI is InChI=1S/C21H23N3O/c22-16-4-6-17(7-5-16)24-21-11-12-23-20-10-3-15(13-19(20)21)14-1-8-18(25)9-2-14/h1-3,8-13,16-17,25H,4-7,22H2,(H,23,24). The number of nitrogens with two attached hydrogens (primary N) is 1. The lowest BCUT2D eigenvalue weighted by Crippen LogP contribution is -2.32. The first-order chi connectivity index (χ1) is 12.2. The smallest absolute Gasteiger partial charge is 0.115 e. The summed E-state index contributed by atoms with van der Waals surface area (Å²) in [5.74, 6) is 0.282. The highest BCUT2D eigenvalue weighted by Gasteiger charge is 2.19. The van der Waals surface area contributed by atoms with Crippen LogP contribution in [0.25, 0.3) is 22.0 Å². The lowest BCUT2D eigenvalue weighted by molar-refractivity contribution is 0.411. The second-order valence-corrected chi connectivity index (χ2v) is 6.89. The second-order valence-electron chi connectivity index (χ2n) is 6.89. The highest BCUT2D eigenvalue weighted by Crippen LogP contribution is 2.30. The first-order valence-electron chi connectivity index (χ1n) is 8.89. The number of aromatic hydroxyl groups is 1. The number of nitrogens with zero attached hydrogens (tertiary/aromatic N) is 1. The molecule has 0 atom stereocenters. The Morgan fingerprint density at radius 1 is 0.920 bits per heavy atom. The monoisotopic (exact) mass is 333 g/mol. The van der Waals surface area contributed by atoms with Crippen molar-refractivity contribution in [2.75, 3.05) is 5.32 Å². The topological polar surface area (TPSA) is 71.2 Å². The van der Waals surface area contributed by atoms with Crippen molar-refractivity contribution in [3.63, 3.8) is 0 Å². The van der Waals surface area contributed by atoms with Gasteiger partial charge >= 0.3 is 0 Å². The normalized spacial score (nSPS) is 20.5. The van der Waals surface area contributed by atoms with Crippen LogP contribution in [0.2, 0.25) is 0 Å². The fourth-order valence-corrected chi connectivity index (χ4v) is 3.59. The van der Waals surface area contributed by atoms with Crippen molar-refractivity contribution >= 4 is 16.6 Å². The van der Waals surface area contributed by atoms with Crippen LogP contribution in [0.4, 0.5) is 5.69 Å². The summed E-state index contributed by atoms with van der Waals surface area (Å²) in [5.41, 5.74) is 10.3. The zero-order chi connectivity index (χ0) is 17.2. The Labute approximate surface area is 147 Å². The average molecular weight is 333 g/mol. The maximum atomic E-state index is 9.49. The summed E-state index contributed by atoms with van der Waals surface area (Å²) < 4.78 is 0. The predicted octanol–water partition coefficient (Wildman–Crippen LogP) is 4.29. The first kappa shape index (κ1) is 15.9. The van der Waals surface area contributed by atoms with Crippen LogP contribution in [0.1, 0.15) is 25.7 Å². The van der Waals surface area contributed by atoms with Gasteiger partial charge in [-0.25, -0.2) is 0 Å². The van der Waals surface area contributed by atoms with Crippen molar-refractivity contribution in [3.05, 3.63) is 54.7 Å². The van der Waals surface area contributed by atoms with Crippen LogP contribution in [-0.4, -0.2) is 22.2 Å². The van der Waals surface area contributed by atoms with E-state index in [0.717, 1.165) is 53.4 Å². The van der Waals surface area contributed by atoms with E-state index in [1.54, 1.807) is 12.1 Å². The van der Waals surface area contributed by atoms with Crippen molar-refractivity contribution in [1.29, 1.82) is 0 Å². The van der Waals surface area contributed by atoms with E-state index in [2.05, 4.69) is 34.6 Å². The molecule has 4 heteroatoms. The third-order valence-electron chi connectivity index (χ3n) is 5.07. The summed E-state index contributed by atoms with van der Waals surface area (Å²) in [6.45, 7) is 0. The van der Waals surface area contributed by atoms with Crippen LogP contribution in [0.3, 0.4) is 0 Å². The van der Waals surface area contributed by atoms with Crippen molar-refractivity contribution in [2.24, 2.45) is 5.73 Å². The van der Waals surface area contributed by atoms with Crippen LogP contribution >= 0.6 is 0 Å². The zero-order valence-corrected chi connectivity index (χ0v) is 14.2. The fourth-order valence-electron chi connectivity index (χ4n) is 3.59. The van der Waals surface area contributed by atoms with Gasteiger partial charge in [-0.05, 0) is 67.1 Å². The van der Waals surface area contributed by atoms with E-state index in [-0.39, 0.29) is 5.75 Å². The second kappa shape index (κ2) is 6.73. The number of rotatable bonds is 3. The van der Waals surface area contributed by atoms with Gasteiger partial charge in [0, 0.05) is 29.4 Å². The molecule has 0 bridgehead atoms. The average Bonchev–Trinajstić information content (AvgIpc) is 2.64. The molecule has 1 fully saturated rings. The Balaban J connectivity index is 1.67. The number of hydrogen-bond acceptors (Lipinski definition) is 4. The number of hydrogen-bond donors (Lipinski definition) is 3. The van der Waals surface area contributed by atoms with Gasteiger partial charge in [0.15, 0.2) is 0 Å². The molecule has 1 saturated carbocycles. The highest BCUT2D eigenvalue weighted by atomic mass is 16.3. The largest absolute Gasteiger partial charge is 0.508 e. The minimum absolute atomic E-state index is 0.282. The summed E-state index contributed by atoms with van der Waals surface area (Å²) in [4.78, 5) is 4.50. The minimum atomic E-state index is 0.282. The van der Waals surface area contributed by atoms with Gasteiger partial charge in [0.05, 0.1) is 5.52 Å². The summed E-state index contributed by atoms with van der Waals surface area (Å²) in [6, 6.07) is 16.5. The quantitative estimate of drug-likeness (QED) is 0.669. The van der Waals surface area contributed by atoms with Crippen molar-refractivity contribution in [1.82, 2.24) is 4.98 Å². The van der Waals surface area contributed by atoms with Gasteiger partial charge in [0.2, 0.25) is 0 Å². The molecule has 0 amide bonds. The number of phenolic OH excluding ortho intramolecular Hbond substituents is 1. The zero-order valence-electron chi connectivity index (χ0n) is 14.2. The summed E-state index contributed by atoms with van der Waals surface area (Å²) in [6.07, 6.45) is 6.25. The SMILES string of the molecule is NC1CCC(Nc2ccnc3ccc(-c4ccc(O)cc4)cc23)CC1. The predicted molar refractivity (Wildman–Crippen MR) is 103 cm³/mol. The third kappa shape index (κ3) is 3.44. The van der Waals surface area contributed by atoms with E-state index in [0.29, 0.717) is 12.1 Å². The van der Waals surface area contributed by atoms with E-state index in [4.69, 9.17) is 5.73 Å². The minimum Gasteiger partial charge on any atom is -0.508 e. The number of fused-ring (bicyclic) bond motifs is 1. The molecule has 0 radical (unpaired) electrons. The van der Waals surface area contributed by atoms with Crippen LogP contribution in [-0.2, 0) is 0 Å². The lowest BCUT2D eigenvalue weighted by atomic mass is 9.91. The Morgan fingerprint density at radius 3 is 2.40 bits per heavy atom. The Morgan fingerprint density at radius 2 is 1.64 bits per heavy atom. The molecule has 128 valence electrons. The van der Waals surface area contributed by atoms with Gasteiger partial charge in [0.1, 0.15) is 5.75 Å². The molecule has 0 unspecified atom stereocenters. The van der Waals surface area contributed by atoms with Gasteiger partial charge in [-0.1, -0.05) is 18.2 Å². The van der Waals surface area contributed by atoms with E-state index in [9.17, 15) is 5.11 Å². The Kier molecular flexibility index (Phi) is 4.28. The molecule has 3 aromatic rings. The Bertz CT molecular complexity index is 868. The van der Waals surface area contributed by atoms with E-state index < -0.39 is 0 Å². The van der Waals surface area contributed by atoms with Crippen LogP contribution < -0.4 is 11.1 Å². The first-order valence-corrected chi connectivity index (χ1v) is 8.89. The number of aromatic nitrogens is 1. The lowest BCUT2D eigenvalue weighted by Gasteiger charge is -2.28. The molecule has 1 aromatic heterocycles. The molecule has 1 aliphatic rings.